The molecule has 0 saturated carbocycles. The molecule has 0 radical (unpaired) electrons. The summed E-state index contributed by atoms with van der Waals surface area (Å²) in [6.45, 7) is 6.08. The van der Waals surface area contributed by atoms with Gasteiger partial charge in [0.05, 0.1) is 11.1 Å². The molecule has 0 aliphatic carbocycles. The van der Waals surface area contributed by atoms with Gasteiger partial charge in [0.15, 0.2) is 0 Å². The molecule has 35 heavy (non-hydrogen) atoms. The molecule has 1 heterocycles. The number of nitrogens with zero attached hydrogens (tertiary/aromatic N) is 1. The Balaban J connectivity index is 1.99. The van der Waals surface area contributed by atoms with Gasteiger partial charge in [0.1, 0.15) is 0 Å². The van der Waals surface area contributed by atoms with Crippen LogP contribution in [0.5, 0.6) is 0 Å². The molecule has 1 aliphatic rings. The molecule has 2 atom stereocenters. The lowest BCUT2D eigenvalue weighted by Crippen LogP contribution is -2.37. The van der Waals surface area contributed by atoms with Crippen molar-refractivity contribution in [2.45, 2.75) is 70.4 Å². The van der Waals surface area contributed by atoms with Gasteiger partial charge in [0.2, 0.25) is 0 Å². The number of halogens is 6. The molecule has 192 valence electrons. The Morgan fingerprint density at radius 2 is 1.54 bits per heavy atom. The number of likely N-dealkylation sites (tertiary alicyclic amines) is 1. The first-order valence-corrected chi connectivity index (χ1v) is 11.4. The van der Waals surface area contributed by atoms with E-state index in [0.29, 0.717) is 31.0 Å². The summed E-state index contributed by atoms with van der Waals surface area (Å²) < 4.78 is 80.8. The van der Waals surface area contributed by atoms with Crippen molar-refractivity contribution in [3.05, 3.63) is 70.3 Å². The number of hydrogen-bond acceptors (Lipinski definition) is 2. The Bertz CT molecular complexity index is 1040. The van der Waals surface area contributed by atoms with Crippen LogP contribution in [0.4, 0.5) is 26.3 Å². The van der Waals surface area contributed by atoms with Crippen LogP contribution in [0, 0.1) is 5.92 Å². The Hall–Kier alpha value is -2.55. The average molecular weight is 502 g/mol. The highest BCUT2D eigenvalue weighted by Crippen LogP contribution is 2.41. The molecular weight excluding hydrogens is 472 g/mol. The second-order valence-corrected chi connectivity index (χ2v) is 10.2. The monoisotopic (exact) mass is 501 g/mol. The molecule has 3 nitrogen and oxygen atoms in total. The topological polar surface area (TPSA) is 40.5 Å². The van der Waals surface area contributed by atoms with Crippen molar-refractivity contribution in [3.63, 3.8) is 0 Å². The van der Waals surface area contributed by atoms with Crippen LogP contribution in [0.25, 0.3) is 0 Å². The summed E-state index contributed by atoms with van der Waals surface area (Å²) >= 11 is 0. The third-order valence-electron chi connectivity index (χ3n) is 6.56. The summed E-state index contributed by atoms with van der Waals surface area (Å²) in [5.74, 6) is -1.14. The molecule has 3 rings (SSSR count). The van der Waals surface area contributed by atoms with E-state index in [4.69, 9.17) is 0 Å². The van der Waals surface area contributed by atoms with Gasteiger partial charge in [-0.15, -0.1) is 0 Å². The van der Waals surface area contributed by atoms with Crippen LogP contribution < -0.4 is 0 Å². The number of hydrogen-bond donors (Lipinski definition) is 1. The number of carboxylic acid groups (broad SMARTS) is 1. The zero-order valence-corrected chi connectivity index (χ0v) is 19.8. The third kappa shape index (κ3) is 6.78. The van der Waals surface area contributed by atoms with Crippen molar-refractivity contribution in [2.75, 3.05) is 6.54 Å². The standard InChI is InChI=1S/C26H29F6NO2/c1-24(2,3)19-6-4-17(5-7-19)22-12-16(13-23(34)35)10-11-33(22)15-18-14-20(25(27,28)29)8-9-21(18)26(30,31)32/h4-9,14,16,22H,10-13,15H2,1-3H3,(H,34,35). The van der Waals surface area contributed by atoms with E-state index in [1.165, 1.54) is 0 Å². The quantitative estimate of drug-likeness (QED) is 0.433. The number of aliphatic carboxylic acids is 1. The van der Waals surface area contributed by atoms with Gasteiger partial charge in [-0.25, -0.2) is 0 Å². The Kier molecular flexibility index (Phi) is 7.60. The highest BCUT2D eigenvalue weighted by molar-refractivity contribution is 5.67. The predicted molar refractivity (Wildman–Crippen MR) is 120 cm³/mol. The van der Waals surface area contributed by atoms with E-state index in [-0.39, 0.29) is 30.8 Å². The molecule has 2 aromatic rings. The van der Waals surface area contributed by atoms with Crippen molar-refractivity contribution in [3.8, 4) is 0 Å². The second-order valence-electron chi connectivity index (χ2n) is 10.2. The van der Waals surface area contributed by atoms with Gasteiger partial charge in [0, 0.05) is 19.0 Å². The number of benzene rings is 2. The van der Waals surface area contributed by atoms with Gasteiger partial charge in [0.25, 0.3) is 0 Å². The maximum atomic E-state index is 13.6. The predicted octanol–water partition coefficient (Wildman–Crippen LogP) is 7.45. The van der Waals surface area contributed by atoms with Gasteiger partial charge in [-0.1, -0.05) is 45.0 Å². The van der Waals surface area contributed by atoms with E-state index < -0.39 is 41.1 Å². The lowest BCUT2D eigenvalue weighted by molar-refractivity contribution is -0.142. The van der Waals surface area contributed by atoms with Crippen LogP contribution in [0.2, 0.25) is 0 Å². The van der Waals surface area contributed by atoms with Crippen LogP contribution in [0.1, 0.15) is 73.9 Å². The number of carboxylic acids is 1. The molecule has 2 unspecified atom stereocenters. The average Bonchev–Trinajstić information content (AvgIpc) is 2.72. The molecule has 0 amide bonds. The van der Waals surface area contributed by atoms with Crippen LogP contribution in [0.3, 0.4) is 0 Å². The Labute approximate surface area is 200 Å². The van der Waals surface area contributed by atoms with E-state index >= 15 is 0 Å². The van der Waals surface area contributed by atoms with Gasteiger partial charge >= 0.3 is 18.3 Å². The zero-order valence-electron chi connectivity index (χ0n) is 19.8. The molecule has 1 fully saturated rings. The van der Waals surface area contributed by atoms with Crippen LogP contribution in [0.15, 0.2) is 42.5 Å². The first-order valence-electron chi connectivity index (χ1n) is 11.4. The molecule has 0 bridgehead atoms. The minimum atomic E-state index is -4.80. The zero-order chi connectivity index (χ0) is 26.2. The minimum Gasteiger partial charge on any atom is -0.481 e. The number of alkyl halides is 6. The number of rotatable bonds is 5. The summed E-state index contributed by atoms with van der Waals surface area (Å²) in [4.78, 5) is 13.0. The highest BCUT2D eigenvalue weighted by Gasteiger charge is 2.38. The van der Waals surface area contributed by atoms with Gasteiger partial charge in [-0.2, -0.15) is 26.3 Å². The van der Waals surface area contributed by atoms with Crippen LogP contribution in [-0.2, 0) is 29.1 Å². The lowest BCUT2D eigenvalue weighted by atomic mass is 9.82. The fraction of sp³-hybridized carbons (Fsp3) is 0.500. The summed E-state index contributed by atoms with van der Waals surface area (Å²) in [7, 11) is 0. The molecule has 1 aliphatic heterocycles. The fourth-order valence-corrected chi connectivity index (χ4v) is 4.66. The fourth-order valence-electron chi connectivity index (χ4n) is 4.66. The maximum absolute atomic E-state index is 13.6. The first-order chi connectivity index (χ1) is 16.1. The molecule has 0 spiro atoms. The molecule has 0 aromatic heterocycles. The van der Waals surface area contributed by atoms with Gasteiger partial charge < -0.3 is 5.11 Å². The van der Waals surface area contributed by atoms with E-state index in [9.17, 15) is 36.2 Å². The molecule has 2 aromatic carbocycles. The third-order valence-corrected chi connectivity index (χ3v) is 6.56. The maximum Gasteiger partial charge on any atom is 0.416 e. The van der Waals surface area contributed by atoms with Crippen molar-refractivity contribution in [2.24, 2.45) is 5.92 Å². The minimum absolute atomic E-state index is 0.0677. The summed E-state index contributed by atoms with van der Waals surface area (Å²) in [5.41, 5.74) is -0.930. The van der Waals surface area contributed by atoms with E-state index in [2.05, 4.69) is 0 Å². The second kappa shape index (κ2) is 9.84. The van der Waals surface area contributed by atoms with E-state index in [1.807, 2.05) is 45.0 Å². The molecule has 1 N–H and O–H groups in total. The number of carbonyl (C=O) groups is 1. The van der Waals surface area contributed by atoms with Gasteiger partial charge in [-0.3, -0.25) is 9.69 Å². The SMILES string of the molecule is CC(C)(C)c1ccc(C2CC(CC(=O)O)CCN2Cc2cc(C(F)(F)F)ccc2C(F)(F)F)cc1. The summed E-state index contributed by atoms with van der Waals surface area (Å²) in [6.07, 6.45) is -8.81. The largest absolute Gasteiger partial charge is 0.481 e. The Morgan fingerprint density at radius 1 is 0.943 bits per heavy atom. The Morgan fingerprint density at radius 3 is 2.06 bits per heavy atom. The normalized spacial score (nSPS) is 20.1. The highest BCUT2D eigenvalue weighted by atomic mass is 19.4. The molecule has 9 heteroatoms. The molecule has 1 saturated heterocycles. The van der Waals surface area contributed by atoms with Gasteiger partial charge in [-0.05, 0) is 65.6 Å². The number of piperidine rings is 1. The lowest BCUT2D eigenvalue weighted by Gasteiger charge is -2.40. The first kappa shape index (κ1) is 27.0. The van der Waals surface area contributed by atoms with Crippen molar-refractivity contribution in [1.82, 2.24) is 4.90 Å². The summed E-state index contributed by atoms with van der Waals surface area (Å²) in [6, 6.07) is 8.70. The van der Waals surface area contributed by atoms with Crippen molar-refractivity contribution in [1.29, 1.82) is 0 Å². The smallest absolute Gasteiger partial charge is 0.416 e. The van der Waals surface area contributed by atoms with Crippen LogP contribution >= 0.6 is 0 Å². The van der Waals surface area contributed by atoms with E-state index in [0.717, 1.165) is 11.1 Å². The van der Waals surface area contributed by atoms with Crippen molar-refractivity contribution >= 4 is 5.97 Å². The van der Waals surface area contributed by atoms with E-state index in [1.54, 1.807) is 4.90 Å². The summed E-state index contributed by atoms with van der Waals surface area (Å²) in [5, 5.41) is 9.24. The molecular formula is C26H29F6NO2. The van der Waals surface area contributed by atoms with Crippen LogP contribution in [-0.4, -0.2) is 22.5 Å². The van der Waals surface area contributed by atoms with Crippen molar-refractivity contribution < 1.29 is 36.2 Å².